The first-order chi connectivity index (χ1) is 9.02. The van der Waals surface area contributed by atoms with E-state index in [9.17, 15) is 5.11 Å². The largest absolute Gasteiger partial charge is 0.394 e. The van der Waals surface area contributed by atoms with Gasteiger partial charge in [-0.05, 0) is 25.1 Å². The lowest BCUT2D eigenvalue weighted by Crippen LogP contribution is -2.50. The summed E-state index contributed by atoms with van der Waals surface area (Å²) in [7, 11) is 0. The molecule has 2 unspecified atom stereocenters. The van der Waals surface area contributed by atoms with Gasteiger partial charge in [-0.25, -0.2) is 0 Å². The molecule has 1 heterocycles. The first kappa shape index (κ1) is 14.7. The van der Waals surface area contributed by atoms with E-state index < -0.39 is 0 Å². The second-order valence-electron chi connectivity index (χ2n) is 4.67. The summed E-state index contributed by atoms with van der Waals surface area (Å²) in [5, 5.41) is 9.26. The van der Waals surface area contributed by atoms with Gasteiger partial charge in [0.1, 0.15) is 4.99 Å². The summed E-state index contributed by atoms with van der Waals surface area (Å²) >= 11 is 8.59. The number of halogens is 1. The molecule has 1 fully saturated rings. The van der Waals surface area contributed by atoms with E-state index in [1.807, 2.05) is 18.2 Å². The van der Waals surface area contributed by atoms with E-state index in [2.05, 4.69) is 27.8 Å². The van der Waals surface area contributed by atoms with Crippen LogP contribution in [0.15, 0.2) is 22.7 Å². The van der Waals surface area contributed by atoms with Gasteiger partial charge in [-0.3, -0.25) is 0 Å². The van der Waals surface area contributed by atoms with Gasteiger partial charge in [0.05, 0.1) is 19.3 Å². The molecule has 104 valence electrons. The van der Waals surface area contributed by atoms with Crippen LogP contribution in [0.25, 0.3) is 0 Å². The Labute approximate surface area is 126 Å². The molecule has 1 aliphatic heterocycles. The molecular weight excluding hydrogens is 328 g/mol. The summed E-state index contributed by atoms with van der Waals surface area (Å²) in [5.41, 5.74) is 7.63. The molecule has 0 radical (unpaired) electrons. The lowest BCUT2D eigenvalue weighted by atomic mass is 10.1. The molecule has 0 aliphatic carbocycles. The highest BCUT2D eigenvalue weighted by Gasteiger charge is 2.27. The van der Waals surface area contributed by atoms with Gasteiger partial charge < -0.3 is 20.5 Å². The van der Waals surface area contributed by atoms with Gasteiger partial charge in [-0.2, -0.15) is 0 Å². The SMILES string of the molecule is CC1COC(CO)CN1c1cc(Br)ccc1C(N)=S. The number of aliphatic hydroxyl groups excluding tert-OH is 1. The van der Waals surface area contributed by atoms with Gasteiger partial charge in [0, 0.05) is 28.3 Å². The lowest BCUT2D eigenvalue weighted by molar-refractivity contribution is -0.0103. The second kappa shape index (κ2) is 6.17. The minimum absolute atomic E-state index is 0.0135. The van der Waals surface area contributed by atoms with E-state index >= 15 is 0 Å². The number of anilines is 1. The van der Waals surface area contributed by atoms with Crippen LogP contribution in [0.2, 0.25) is 0 Å². The summed E-state index contributed by atoms with van der Waals surface area (Å²) < 4.78 is 6.53. The zero-order valence-electron chi connectivity index (χ0n) is 10.7. The van der Waals surface area contributed by atoms with Crippen LogP contribution in [-0.4, -0.2) is 42.0 Å². The summed E-state index contributed by atoms with van der Waals surface area (Å²) in [6.07, 6.45) is -0.172. The van der Waals surface area contributed by atoms with Gasteiger partial charge in [-0.15, -0.1) is 0 Å². The maximum Gasteiger partial charge on any atom is 0.106 e. The topological polar surface area (TPSA) is 58.7 Å². The minimum atomic E-state index is -0.172. The fraction of sp³-hybridized carbons (Fsp3) is 0.462. The molecule has 0 aromatic heterocycles. The van der Waals surface area contributed by atoms with Crippen molar-refractivity contribution in [3.05, 3.63) is 28.2 Å². The third-order valence-corrected chi connectivity index (χ3v) is 3.96. The molecule has 0 bridgehead atoms. The van der Waals surface area contributed by atoms with Crippen LogP contribution < -0.4 is 10.6 Å². The molecule has 1 aliphatic rings. The zero-order valence-corrected chi connectivity index (χ0v) is 13.1. The molecular formula is C13H17BrN2O2S. The number of nitrogens with zero attached hydrogens (tertiary/aromatic N) is 1. The van der Waals surface area contributed by atoms with Crippen molar-refractivity contribution < 1.29 is 9.84 Å². The number of ether oxygens (including phenoxy) is 1. The average molecular weight is 345 g/mol. The van der Waals surface area contributed by atoms with Crippen molar-refractivity contribution >= 4 is 38.8 Å². The van der Waals surface area contributed by atoms with Crippen molar-refractivity contribution in [2.45, 2.75) is 19.1 Å². The number of rotatable bonds is 3. The molecule has 4 nitrogen and oxygen atoms in total. The fourth-order valence-corrected chi connectivity index (χ4v) is 2.74. The van der Waals surface area contributed by atoms with E-state index in [0.29, 0.717) is 18.1 Å². The summed E-state index contributed by atoms with van der Waals surface area (Å²) in [5.74, 6) is 0. The maximum absolute atomic E-state index is 9.26. The van der Waals surface area contributed by atoms with Crippen LogP contribution in [-0.2, 0) is 4.74 Å². The number of hydrogen-bond donors (Lipinski definition) is 2. The van der Waals surface area contributed by atoms with Gasteiger partial charge in [0.2, 0.25) is 0 Å². The van der Waals surface area contributed by atoms with E-state index in [1.165, 1.54) is 0 Å². The molecule has 0 spiro atoms. The quantitative estimate of drug-likeness (QED) is 0.817. The number of thiocarbonyl (C=S) groups is 1. The number of aliphatic hydroxyl groups is 1. The first-order valence-corrected chi connectivity index (χ1v) is 7.31. The normalized spacial score (nSPS) is 23.4. The van der Waals surface area contributed by atoms with Crippen molar-refractivity contribution in [3.8, 4) is 0 Å². The second-order valence-corrected chi connectivity index (χ2v) is 6.02. The number of benzene rings is 1. The molecule has 0 amide bonds. The van der Waals surface area contributed by atoms with Gasteiger partial charge in [0.25, 0.3) is 0 Å². The van der Waals surface area contributed by atoms with Crippen molar-refractivity contribution in [3.63, 3.8) is 0 Å². The van der Waals surface area contributed by atoms with Crippen LogP contribution in [0, 0.1) is 0 Å². The van der Waals surface area contributed by atoms with Crippen molar-refractivity contribution in [2.75, 3.05) is 24.7 Å². The maximum atomic E-state index is 9.26. The number of morpholine rings is 1. The van der Waals surface area contributed by atoms with Gasteiger partial charge >= 0.3 is 0 Å². The predicted molar refractivity (Wildman–Crippen MR) is 83.7 cm³/mol. The third-order valence-electron chi connectivity index (χ3n) is 3.24. The van der Waals surface area contributed by atoms with E-state index in [4.69, 9.17) is 22.7 Å². The van der Waals surface area contributed by atoms with Crippen LogP contribution in [0.3, 0.4) is 0 Å². The summed E-state index contributed by atoms with van der Waals surface area (Å²) in [6, 6.07) is 6.06. The smallest absolute Gasteiger partial charge is 0.106 e. The lowest BCUT2D eigenvalue weighted by Gasteiger charge is -2.40. The monoisotopic (exact) mass is 344 g/mol. The van der Waals surface area contributed by atoms with Crippen molar-refractivity contribution in [2.24, 2.45) is 5.73 Å². The zero-order chi connectivity index (χ0) is 14.0. The minimum Gasteiger partial charge on any atom is -0.394 e. The standard InChI is InChI=1S/C13H17BrN2O2S/c1-8-7-18-10(6-17)5-16(8)12-4-9(14)2-3-11(12)13(15)19/h2-4,8,10,17H,5-7H2,1H3,(H2,15,19). The highest BCUT2D eigenvalue weighted by Crippen LogP contribution is 2.29. The molecule has 2 atom stereocenters. The Morgan fingerprint density at radius 2 is 2.37 bits per heavy atom. The van der Waals surface area contributed by atoms with Gasteiger partial charge in [-0.1, -0.05) is 28.1 Å². The van der Waals surface area contributed by atoms with Crippen LogP contribution in [0.5, 0.6) is 0 Å². The molecule has 2 rings (SSSR count). The summed E-state index contributed by atoms with van der Waals surface area (Å²) in [6.45, 7) is 3.30. The van der Waals surface area contributed by atoms with Crippen LogP contribution in [0.4, 0.5) is 5.69 Å². The summed E-state index contributed by atoms with van der Waals surface area (Å²) in [4.78, 5) is 2.56. The molecule has 1 aromatic rings. The average Bonchev–Trinajstić information content (AvgIpc) is 2.38. The van der Waals surface area contributed by atoms with E-state index in [-0.39, 0.29) is 18.8 Å². The molecule has 19 heavy (non-hydrogen) atoms. The number of nitrogens with two attached hydrogens (primary N) is 1. The highest BCUT2D eigenvalue weighted by molar-refractivity contribution is 9.10. The first-order valence-electron chi connectivity index (χ1n) is 6.11. The fourth-order valence-electron chi connectivity index (χ4n) is 2.21. The Kier molecular flexibility index (Phi) is 4.78. The third kappa shape index (κ3) is 3.25. The Hall–Kier alpha value is -0.690. The molecule has 0 saturated carbocycles. The number of hydrogen-bond acceptors (Lipinski definition) is 4. The van der Waals surface area contributed by atoms with Crippen LogP contribution >= 0.6 is 28.1 Å². The molecule has 3 N–H and O–H groups in total. The van der Waals surface area contributed by atoms with Crippen molar-refractivity contribution in [1.29, 1.82) is 0 Å². The Bertz CT molecular complexity index is 484. The molecule has 1 saturated heterocycles. The van der Waals surface area contributed by atoms with Gasteiger partial charge in [0.15, 0.2) is 0 Å². The predicted octanol–water partition coefficient (Wildman–Crippen LogP) is 1.67. The van der Waals surface area contributed by atoms with Crippen LogP contribution in [0.1, 0.15) is 12.5 Å². The van der Waals surface area contributed by atoms with E-state index in [0.717, 1.165) is 15.7 Å². The Balaban J connectivity index is 2.38. The van der Waals surface area contributed by atoms with E-state index in [1.54, 1.807) is 0 Å². The van der Waals surface area contributed by atoms with Crippen molar-refractivity contribution in [1.82, 2.24) is 0 Å². The molecule has 6 heteroatoms. The highest BCUT2D eigenvalue weighted by atomic mass is 79.9. The Morgan fingerprint density at radius 1 is 1.63 bits per heavy atom. The molecule has 1 aromatic carbocycles. The Morgan fingerprint density at radius 3 is 3.00 bits per heavy atom.